The molecule has 0 fully saturated rings. The lowest BCUT2D eigenvalue weighted by atomic mass is 10.3. The van der Waals surface area contributed by atoms with Gasteiger partial charge in [-0.05, 0) is 24.3 Å². The first-order valence-electron chi connectivity index (χ1n) is 2.81. The zero-order valence-corrected chi connectivity index (χ0v) is 6.34. The number of nitrogens with two attached hydrogens (primary N) is 1. The molecular weight excluding hydrogens is 166 g/mol. The molecule has 60 valence electrons. The highest BCUT2D eigenvalue weighted by molar-refractivity contribution is 7.94. The molecule has 0 aliphatic heterocycles. The molecule has 1 aromatic carbocycles. The van der Waals surface area contributed by atoms with E-state index >= 15 is 0 Å². The Balaban J connectivity index is 2.52. The second kappa shape index (κ2) is 4.20. The Morgan fingerprint density at radius 1 is 1.27 bits per heavy atom. The first-order chi connectivity index (χ1) is 5.33. The van der Waals surface area contributed by atoms with Gasteiger partial charge in [0.15, 0.2) is 0 Å². The maximum absolute atomic E-state index is 9.40. The maximum atomic E-state index is 9.40. The maximum Gasteiger partial charge on any atom is 0.0674 e. The SMILES string of the molecule is Nc1ccc(SOO[O-])cc1. The molecule has 1 rings (SSSR count). The molecule has 0 heterocycles. The lowest BCUT2D eigenvalue weighted by Gasteiger charge is -2.03. The Kier molecular flexibility index (Phi) is 3.18. The Labute approximate surface area is 68.0 Å². The van der Waals surface area contributed by atoms with E-state index in [-0.39, 0.29) is 0 Å². The number of hydrogen-bond donors (Lipinski definition) is 1. The summed E-state index contributed by atoms with van der Waals surface area (Å²) in [6, 6.07) is 6.85. The van der Waals surface area contributed by atoms with E-state index < -0.39 is 0 Å². The molecule has 11 heavy (non-hydrogen) atoms. The van der Waals surface area contributed by atoms with E-state index in [2.05, 4.69) is 9.37 Å². The fourth-order valence-corrected chi connectivity index (χ4v) is 0.930. The normalized spacial score (nSPS) is 9.91. The van der Waals surface area contributed by atoms with Crippen LogP contribution in [0.25, 0.3) is 0 Å². The third kappa shape index (κ3) is 2.77. The summed E-state index contributed by atoms with van der Waals surface area (Å²) in [7, 11) is 0. The molecule has 0 saturated heterocycles. The van der Waals surface area contributed by atoms with Crippen LogP contribution in [-0.2, 0) is 9.37 Å². The summed E-state index contributed by atoms with van der Waals surface area (Å²) < 4.78 is 4.08. The van der Waals surface area contributed by atoms with Crippen LogP contribution in [0.4, 0.5) is 5.69 Å². The van der Waals surface area contributed by atoms with Crippen molar-refractivity contribution in [2.24, 2.45) is 0 Å². The molecule has 0 radical (unpaired) electrons. The number of hydrogen-bond acceptors (Lipinski definition) is 5. The zero-order valence-electron chi connectivity index (χ0n) is 5.52. The van der Waals surface area contributed by atoms with Crippen molar-refractivity contribution >= 4 is 17.7 Å². The highest BCUT2D eigenvalue weighted by Crippen LogP contribution is 2.19. The van der Waals surface area contributed by atoms with Crippen molar-refractivity contribution in [2.75, 3.05) is 5.73 Å². The Bertz CT molecular complexity index is 214. The van der Waals surface area contributed by atoms with E-state index in [9.17, 15) is 5.26 Å². The standard InChI is InChI=1S/C6H7NO3S/c7-5-1-3-6(4-2-5)11-10-9-8/h1-4,8H,7H2/p-1. The first kappa shape index (κ1) is 8.35. The second-order valence-electron chi connectivity index (χ2n) is 1.79. The molecule has 0 aliphatic rings. The van der Waals surface area contributed by atoms with E-state index in [0.29, 0.717) is 5.69 Å². The Hall–Kier alpha value is -0.750. The van der Waals surface area contributed by atoms with Crippen LogP contribution < -0.4 is 11.0 Å². The van der Waals surface area contributed by atoms with Crippen LogP contribution in [0.5, 0.6) is 0 Å². The van der Waals surface area contributed by atoms with Crippen molar-refractivity contribution in [1.29, 1.82) is 0 Å². The van der Waals surface area contributed by atoms with Crippen LogP contribution in [0, 0.1) is 0 Å². The van der Waals surface area contributed by atoms with Crippen molar-refractivity contribution < 1.29 is 14.6 Å². The molecule has 1 aromatic rings. The summed E-state index contributed by atoms with van der Waals surface area (Å²) in [5.74, 6) is 0. The number of rotatable bonds is 3. The largest absolute Gasteiger partial charge is 0.691 e. The summed E-state index contributed by atoms with van der Waals surface area (Å²) >= 11 is 0.839. The highest BCUT2D eigenvalue weighted by atomic mass is 32.2. The van der Waals surface area contributed by atoms with Crippen molar-refractivity contribution in [3.63, 3.8) is 0 Å². The second-order valence-corrected chi connectivity index (χ2v) is 2.56. The third-order valence-electron chi connectivity index (χ3n) is 1.04. The van der Waals surface area contributed by atoms with Crippen LogP contribution >= 0.6 is 12.0 Å². The predicted octanol–water partition coefficient (Wildman–Crippen LogP) is 0.499. The minimum Gasteiger partial charge on any atom is -0.691 e. The van der Waals surface area contributed by atoms with Gasteiger partial charge in [-0.25, -0.2) is 0 Å². The van der Waals surface area contributed by atoms with Crippen LogP contribution in [0.1, 0.15) is 0 Å². The Morgan fingerprint density at radius 2 is 1.91 bits per heavy atom. The topological polar surface area (TPSA) is 67.5 Å². The van der Waals surface area contributed by atoms with Gasteiger partial charge in [0.05, 0.1) is 12.0 Å². The number of anilines is 1. The van der Waals surface area contributed by atoms with Gasteiger partial charge in [-0.3, -0.25) is 5.04 Å². The summed E-state index contributed by atoms with van der Waals surface area (Å²) in [4.78, 5) is 0.759. The van der Waals surface area contributed by atoms with Gasteiger partial charge in [-0.2, -0.15) is 4.33 Å². The van der Waals surface area contributed by atoms with Gasteiger partial charge >= 0.3 is 0 Å². The van der Waals surface area contributed by atoms with Gasteiger partial charge in [-0.15, -0.1) is 0 Å². The van der Waals surface area contributed by atoms with Crippen molar-refractivity contribution in [3.8, 4) is 0 Å². The van der Waals surface area contributed by atoms with Crippen LogP contribution in [0.2, 0.25) is 0 Å². The molecule has 5 heteroatoms. The van der Waals surface area contributed by atoms with Crippen LogP contribution in [-0.4, -0.2) is 0 Å². The van der Waals surface area contributed by atoms with Gasteiger partial charge in [0.1, 0.15) is 0 Å². The van der Waals surface area contributed by atoms with E-state index in [0.717, 1.165) is 16.9 Å². The van der Waals surface area contributed by atoms with E-state index in [4.69, 9.17) is 5.73 Å². The van der Waals surface area contributed by atoms with E-state index in [1.165, 1.54) is 0 Å². The van der Waals surface area contributed by atoms with Crippen molar-refractivity contribution in [1.82, 2.24) is 0 Å². The van der Waals surface area contributed by atoms with E-state index in [1.807, 2.05) is 0 Å². The first-order valence-corrected chi connectivity index (χ1v) is 3.56. The number of nitrogen functional groups attached to an aromatic ring is 1. The average Bonchev–Trinajstić information content (AvgIpc) is 2.04. The molecule has 0 atom stereocenters. The third-order valence-corrected chi connectivity index (χ3v) is 1.63. The minimum absolute atomic E-state index is 0.664. The molecule has 0 amide bonds. The Morgan fingerprint density at radius 3 is 2.45 bits per heavy atom. The summed E-state index contributed by atoms with van der Waals surface area (Å²) in [6.07, 6.45) is 0. The average molecular weight is 172 g/mol. The zero-order chi connectivity index (χ0) is 8.10. The molecule has 4 nitrogen and oxygen atoms in total. The van der Waals surface area contributed by atoms with Crippen molar-refractivity contribution in [2.45, 2.75) is 4.90 Å². The molecular formula is C6H6NO3S-. The molecule has 0 aliphatic carbocycles. The summed E-state index contributed by atoms with van der Waals surface area (Å²) in [5.41, 5.74) is 6.08. The molecule has 0 aromatic heterocycles. The molecule has 0 saturated carbocycles. The fourth-order valence-electron chi connectivity index (χ4n) is 0.577. The fraction of sp³-hybridized carbons (Fsp3) is 0. The lowest BCUT2D eigenvalue weighted by Crippen LogP contribution is -2.00. The molecule has 0 unspecified atom stereocenters. The van der Waals surface area contributed by atoms with Gasteiger partial charge in [0.25, 0.3) is 0 Å². The molecule has 0 bridgehead atoms. The van der Waals surface area contributed by atoms with Gasteiger partial charge in [0.2, 0.25) is 0 Å². The quantitative estimate of drug-likeness (QED) is 0.311. The van der Waals surface area contributed by atoms with Crippen LogP contribution in [0.15, 0.2) is 29.2 Å². The van der Waals surface area contributed by atoms with Gasteiger partial charge < -0.3 is 11.0 Å². The highest BCUT2D eigenvalue weighted by Gasteiger charge is 1.91. The van der Waals surface area contributed by atoms with Crippen LogP contribution in [0.3, 0.4) is 0 Å². The summed E-state index contributed by atoms with van der Waals surface area (Å²) in [6.45, 7) is 0. The van der Waals surface area contributed by atoms with Gasteiger partial charge in [-0.1, -0.05) is 0 Å². The van der Waals surface area contributed by atoms with Gasteiger partial charge in [0, 0.05) is 10.6 Å². The monoisotopic (exact) mass is 172 g/mol. The molecule has 0 spiro atoms. The molecule has 2 N–H and O–H groups in total. The van der Waals surface area contributed by atoms with Crippen molar-refractivity contribution in [3.05, 3.63) is 24.3 Å². The smallest absolute Gasteiger partial charge is 0.0674 e. The lowest BCUT2D eigenvalue weighted by molar-refractivity contribution is -0.777. The predicted molar refractivity (Wildman–Crippen MR) is 38.9 cm³/mol. The van der Waals surface area contributed by atoms with E-state index in [1.54, 1.807) is 24.3 Å². The number of benzene rings is 1. The minimum atomic E-state index is 0.664. The summed E-state index contributed by atoms with van der Waals surface area (Å²) in [5, 5.41) is 12.6.